The highest BCUT2D eigenvalue weighted by Gasteiger charge is 2.25. The average molecular weight is 431 g/mol. The lowest BCUT2D eigenvalue weighted by atomic mass is 9.95. The maximum atomic E-state index is 10.2. The van der Waals surface area contributed by atoms with Crippen LogP contribution in [0, 0.1) is 25.2 Å². The molecule has 0 spiro atoms. The average Bonchev–Trinajstić information content (AvgIpc) is 3.22. The van der Waals surface area contributed by atoms with Crippen LogP contribution in [0.5, 0.6) is 0 Å². The lowest BCUT2D eigenvalue weighted by Crippen LogP contribution is -2.22. The Morgan fingerprint density at radius 1 is 0.909 bits per heavy atom. The fourth-order valence-corrected chi connectivity index (χ4v) is 4.72. The smallest absolute Gasteiger partial charge is 0.157 e. The summed E-state index contributed by atoms with van der Waals surface area (Å²) < 4.78 is 2.19. The van der Waals surface area contributed by atoms with E-state index in [0.29, 0.717) is 11.2 Å². The summed E-state index contributed by atoms with van der Waals surface area (Å²) in [7, 11) is 0. The van der Waals surface area contributed by atoms with Gasteiger partial charge in [0.1, 0.15) is 11.9 Å². The molecule has 3 aromatic carbocycles. The van der Waals surface area contributed by atoms with Crippen LogP contribution in [-0.2, 0) is 6.42 Å². The number of para-hydroxylation sites is 3. The summed E-state index contributed by atoms with van der Waals surface area (Å²) >= 11 is 0. The van der Waals surface area contributed by atoms with Gasteiger partial charge >= 0.3 is 0 Å². The first-order chi connectivity index (χ1) is 16.1. The Hall–Kier alpha value is -4.10. The third kappa shape index (κ3) is 3.43. The van der Waals surface area contributed by atoms with E-state index in [2.05, 4.69) is 90.7 Å². The first-order valence-corrected chi connectivity index (χ1v) is 11.3. The lowest BCUT2D eigenvalue weighted by molar-refractivity contribution is 0.942. The van der Waals surface area contributed by atoms with Gasteiger partial charge in [0, 0.05) is 24.2 Å². The predicted octanol–water partition coefficient (Wildman–Crippen LogP) is 6.72. The van der Waals surface area contributed by atoms with Gasteiger partial charge in [-0.3, -0.25) is 4.40 Å². The summed E-state index contributed by atoms with van der Waals surface area (Å²) in [6, 6.07) is 29.5. The molecule has 0 fully saturated rings. The molecule has 0 N–H and O–H groups in total. The van der Waals surface area contributed by atoms with Crippen molar-refractivity contribution in [3.8, 4) is 6.07 Å². The van der Waals surface area contributed by atoms with Crippen molar-refractivity contribution in [2.24, 2.45) is 0 Å². The second-order valence-corrected chi connectivity index (χ2v) is 8.36. The number of aromatic nitrogens is 2. The minimum Gasteiger partial charge on any atom is -0.327 e. The number of pyridine rings is 1. The van der Waals surface area contributed by atoms with E-state index in [1.807, 2.05) is 24.3 Å². The highest BCUT2D eigenvalue weighted by molar-refractivity contribution is 5.87. The number of hydrogen-bond acceptors (Lipinski definition) is 3. The molecule has 0 saturated heterocycles. The number of hydrogen-bond donors (Lipinski definition) is 0. The molecule has 5 aromatic rings. The van der Waals surface area contributed by atoms with Gasteiger partial charge in [0.05, 0.1) is 16.6 Å². The summed E-state index contributed by atoms with van der Waals surface area (Å²) in [6.45, 7) is 7.17. The summed E-state index contributed by atoms with van der Waals surface area (Å²) in [6.07, 6.45) is 0.744. The Labute approximate surface area is 194 Å². The number of imidazole rings is 1. The van der Waals surface area contributed by atoms with E-state index in [9.17, 15) is 5.26 Å². The van der Waals surface area contributed by atoms with Gasteiger partial charge in [0.2, 0.25) is 0 Å². The zero-order valence-corrected chi connectivity index (χ0v) is 19.2. The Morgan fingerprint density at radius 2 is 1.61 bits per heavy atom. The number of fused-ring (bicyclic) bond motifs is 3. The largest absolute Gasteiger partial charge is 0.327 e. The van der Waals surface area contributed by atoms with Gasteiger partial charge in [0.15, 0.2) is 5.65 Å². The van der Waals surface area contributed by atoms with Crippen LogP contribution >= 0.6 is 0 Å². The molecular weight excluding hydrogens is 404 g/mol. The summed E-state index contributed by atoms with van der Waals surface area (Å²) in [5.41, 5.74) is 9.05. The standard InChI is InChI=1S/C29H26N4/c1-4-32(23-14-6-5-7-15-23)29-24(18-22-13-9-8-12-20(22)2)21(3)25(19-30)28-31-26-16-10-11-17-27(26)33(28)29/h5-17H,4,18H2,1-3H3. The van der Waals surface area contributed by atoms with Crippen LogP contribution in [0.15, 0.2) is 78.9 Å². The van der Waals surface area contributed by atoms with Gasteiger partial charge in [-0.05, 0) is 61.7 Å². The minimum atomic E-state index is 0.641. The second-order valence-electron chi connectivity index (χ2n) is 8.36. The van der Waals surface area contributed by atoms with Crippen LogP contribution in [-0.4, -0.2) is 15.9 Å². The van der Waals surface area contributed by atoms with E-state index >= 15 is 0 Å². The second kappa shape index (κ2) is 8.44. The molecule has 5 rings (SSSR count). The van der Waals surface area contributed by atoms with Crippen molar-refractivity contribution in [3.05, 3.63) is 107 Å². The van der Waals surface area contributed by atoms with Crippen LogP contribution < -0.4 is 4.90 Å². The van der Waals surface area contributed by atoms with Crippen LogP contribution in [0.2, 0.25) is 0 Å². The fourth-order valence-electron chi connectivity index (χ4n) is 4.72. The number of nitriles is 1. The third-order valence-electron chi connectivity index (χ3n) is 6.47. The monoisotopic (exact) mass is 430 g/mol. The number of aryl methyl sites for hydroxylation is 1. The summed E-state index contributed by atoms with van der Waals surface area (Å²) in [5, 5.41) is 10.2. The maximum Gasteiger partial charge on any atom is 0.157 e. The number of rotatable bonds is 5. The molecule has 0 radical (unpaired) electrons. The fraction of sp³-hybridized carbons (Fsp3) is 0.172. The van der Waals surface area contributed by atoms with E-state index in [-0.39, 0.29) is 0 Å². The van der Waals surface area contributed by atoms with Crippen LogP contribution in [0.25, 0.3) is 16.7 Å². The van der Waals surface area contributed by atoms with E-state index in [0.717, 1.165) is 46.6 Å². The molecule has 0 atom stereocenters. The van der Waals surface area contributed by atoms with Crippen molar-refractivity contribution in [1.29, 1.82) is 5.26 Å². The molecule has 0 unspecified atom stereocenters. The highest BCUT2D eigenvalue weighted by atomic mass is 15.2. The van der Waals surface area contributed by atoms with Gasteiger partial charge in [-0.2, -0.15) is 5.26 Å². The van der Waals surface area contributed by atoms with E-state index in [1.165, 1.54) is 11.1 Å². The predicted molar refractivity (Wildman–Crippen MR) is 135 cm³/mol. The molecule has 4 nitrogen and oxygen atoms in total. The maximum absolute atomic E-state index is 10.2. The van der Waals surface area contributed by atoms with Gasteiger partial charge in [-0.15, -0.1) is 0 Å². The summed E-state index contributed by atoms with van der Waals surface area (Å²) in [4.78, 5) is 7.23. The molecule has 0 aliphatic carbocycles. The topological polar surface area (TPSA) is 44.3 Å². The molecule has 33 heavy (non-hydrogen) atoms. The first kappa shape index (κ1) is 20.8. The quantitative estimate of drug-likeness (QED) is 0.311. The molecule has 2 heterocycles. The molecule has 0 saturated carbocycles. The van der Waals surface area contributed by atoms with Crippen molar-refractivity contribution in [2.45, 2.75) is 27.2 Å². The molecule has 0 aliphatic heterocycles. The minimum absolute atomic E-state index is 0.641. The number of nitrogens with zero attached hydrogens (tertiary/aromatic N) is 4. The zero-order chi connectivity index (χ0) is 22.9. The molecule has 0 bridgehead atoms. The van der Waals surface area contributed by atoms with Crippen molar-refractivity contribution in [2.75, 3.05) is 11.4 Å². The molecule has 162 valence electrons. The Balaban J connectivity index is 1.92. The molecule has 2 aromatic heterocycles. The van der Waals surface area contributed by atoms with Crippen molar-refractivity contribution >= 4 is 28.2 Å². The van der Waals surface area contributed by atoms with Gasteiger partial charge in [-0.25, -0.2) is 4.98 Å². The molecule has 4 heteroatoms. The van der Waals surface area contributed by atoms with Crippen LogP contribution in [0.4, 0.5) is 11.5 Å². The SMILES string of the molecule is CCN(c1ccccc1)c1c(Cc2ccccc2C)c(C)c(C#N)c2nc3ccccc3n12. The normalized spacial score (nSPS) is 11.1. The third-order valence-corrected chi connectivity index (χ3v) is 6.47. The molecule has 0 amide bonds. The van der Waals surface area contributed by atoms with Crippen molar-refractivity contribution in [1.82, 2.24) is 9.38 Å². The zero-order valence-electron chi connectivity index (χ0n) is 19.2. The van der Waals surface area contributed by atoms with Crippen LogP contribution in [0.1, 0.15) is 34.7 Å². The van der Waals surface area contributed by atoms with E-state index < -0.39 is 0 Å². The van der Waals surface area contributed by atoms with Gasteiger partial charge < -0.3 is 4.90 Å². The van der Waals surface area contributed by atoms with E-state index in [4.69, 9.17) is 4.98 Å². The Morgan fingerprint density at radius 3 is 2.33 bits per heavy atom. The summed E-state index contributed by atoms with van der Waals surface area (Å²) in [5.74, 6) is 1.08. The van der Waals surface area contributed by atoms with Crippen molar-refractivity contribution < 1.29 is 0 Å². The van der Waals surface area contributed by atoms with E-state index in [1.54, 1.807) is 0 Å². The van der Waals surface area contributed by atoms with Gasteiger partial charge in [0.25, 0.3) is 0 Å². The highest BCUT2D eigenvalue weighted by Crippen LogP contribution is 2.37. The molecule has 0 aliphatic rings. The number of benzene rings is 3. The first-order valence-electron chi connectivity index (χ1n) is 11.3. The number of anilines is 2. The van der Waals surface area contributed by atoms with Gasteiger partial charge in [-0.1, -0.05) is 54.6 Å². The molecular formula is C29H26N4. The van der Waals surface area contributed by atoms with Crippen LogP contribution in [0.3, 0.4) is 0 Å². The lowest BCUT2D eigenvalue weighted by Gasteiger charge is -2.29. The van der Waals surface area contributed by atoms with Crippen molar-refractivity contribution in [3.63, 3.8) is 0 Å². The Kier molecular flexibility index (Phi) is 5.32. The Bertz CT molecular complexity index is 1510.